The summed E-state index contributed by atoms with van der Waals surface area (Å²) in [6.45, 7) is 2.58. The summed E-state index contributed by atoms with van der Waals surface area (Å²) in [5.41, 5.74) is 3.33. The standard InChI is InChI=1S/C17H15ClO2/c1-11-10-13(18)7-8-14(11)16(19)15-6-2-4-12-5-3-9-20-17(12)15/h2,4,6-8,10H,3,5,9H2,1H3. The highest BCUT2D eigenvalue weighted by Gasteiger charge is 2.21. The molecule has 0 atom stereocenters. The molecule has 0 saturated heterocycles. The fourth-order valence-corrected chi connectivity index (χ4v) is 2.82. The lowest BCUT2D eigenvalue weighted by Crippen LogP contribution is -2.13. The molecule has 0 bridgehead atoms. The summed E-state index contributed by atoms with van der Waals surface area (Å²) < 4.78 is 5.71. The van der Waals surface area contributed by atoms with E-state index in [1.165, 1.54) is 0 Å². The monoisotopic (exact) mass is 286 g/mol. The van der Waals surface area contributed by atoms with Crippen LogP contribution in [0.5, 0.6) is 5.75 Å². The van der Waals surface area contributed by atoms with Crippen LogP contribution >= 0.6 is 11.6 Å². The SMILES string of the molecule is Cc1cc(Cl)ccc1C(=O)c1cccc2c1OCCC2. The van der Waals surface area contributed by atoms with Crippen molar-refractivity contribution in [2.45, 2.75) is 19.8 Å². The van der Waals surface area contributed by atoms with Crippen molar-refractivity contribution >= 4 is 17.4 Å². The Kier molecular flexibility index (Phi) is 3.49. The van der Waals surface area contributed by atoms with Gasteiger partial charge in [0.05, 0.1) is 12.2 Å². The second-order valence-electron chi connectivity index (χ2n) is 5.03. The number of halogens is 1. The van der Waals surface area contributed by atoms with Gasteiger partial charge in [0.25, 0.3) is 0 Å². The molecule has 0 aromatic heterocycles. The molecule has 0 amide bonds. The Balaban J connectivity index is 2.07. The van der Waals surface area contributed by atoms with Crippen molar-refractivity contribution in [3.63, 3.8) is 0 Å². The van der Waals surface area contributed by atoms with Crippen LogP contribution in [0.3, 0.4) is 0 Å². The summed E-state index contributed by atoms with van der Waals surface area (Å²) in [4.78, 5) is 12.7. The molecule has 1 heterocycles. The van der Waals surface area contributed by atoms with Gasteiger partial charge in [-0.25, -0.2) is 0 Å². The van der Waals surface area contributed by atoms with Gasteiger partial charge in [0, 0.05) is 10.6 Å². The Morgan fingerprint density at radius 1 is 1.20 bits per heavy atom. The van der Waals surface area contributed by atoms with Gasteiger partial charge in [0.1, 0.15) is 5.75 Å². The van der Waals surface area contributed by atoms with Gasteiger partial charge in [-0.3, -0.25) is 4.79 Å². The Bertz CT molecular complexity index is 677. The summed E-state index contributed by atoms with van der Waals surface area (Å²) in [6, 6.07) is 11.1. The van der Waals surface area contributed by atoms with Crippen LogP contribution in [-0.4, -0.2) is 12.4 Å². The van der Waals surface area contributed by atoms with Crippen LogP contribution < -0.4 is 4.74 Å². The maximum Gasteiger partial charge on any atom is 0.197 e. The topological polar surface area (TPSA) is 26.3 Å². The van der Waals surface area contributed by atoms with Crippen LogP contribution in [0.2, 0.25) is 5.02 Å². The molecule has 3 heteroatoms. The highest BCUT2D eigenvalue weighted by atomic mass is 35.5. The smallest absolute Gasteiger partial charge is 0.197 e. The minimum Gasteiger partial charge on any atom is -0.493 e. The van der Waals surface area contributed by atoms with Crippen molar-refractivity contribution in [3.05, 3.63) is 63.7 Å². The van der Waals surface area contributed by atoms with Crippen LogP contribution in [0.1, 0.15) is 33.5 Å². The average Bonchev–Trinajstić information content (AvgIpc) is 2.46. The number of carbonyl (C=O) groups is 1. The van der Waals surface area contributed by atoms with E-state index < -0.39 is 0 Å². The number of benzene rings is 2. The summed E-state index contributed by atoms with van der Waals surface area (Å²) in [5.74, 6) is 0.746. The van der Waals surface area contributed by atoms with Gasteiger partial charge in [-0.2, -0.15) is 0 Å². The first-order valence-electron chi connectivity index (χ1n) is 6.72. The number of hydrogen-bond acceptors (Lipinski definition) is 2. The molecule has 2 aromatic carbocycles. The van der Waals surface area contributed by atoms with Crippen molar-refractivity contribution in [2.24, 2.45) is 0 Å². The summed E-state index contributed by atoms with van der Waals surface area (Å²) in [6.07, 6.45) is 1.97. The van der Waals surface area contributed by atoms with E-state index in [2.05, 4.69) is 0 Å². The van der Waals surface area contributed by atoms with E-state index in [0.717, 1.165) is 29.7 Å². The largest absolute Gasteiger partial charge is 0.493 e. The number of fused-ring (bicyclic) bond motifs is 1. The number of aryl methyl sites for hydroxylation is 2. The normalized spacial score (nSPS) is 13.5. The first kappa shape index (κ1) is 13.2. The van der Waals surface area contributed by atoms with Gasteiger partial charge in [-0.05, 0) is 55.2 Å². The van der Waals surface area contributed by atoms with Crippen molar-refractivity contribution in [1.82, 2.24) is 0 Å². The van der Waals surface area contributed by atoms with E-state index in [1.54, 1.807) is 12.1 Å². The first-order valence-corrected chi connectivity index (χ1v) is 7.10. The maximum absolute atomic E-state index is 12.7. The molecule has 0 unspecified atom stereocenters. The van der Waals surface area contributed by atoms with Gasteiger partial charge in [0.2, 0.25) is 0 Å². The first-order chi connectivity index (χ1) is 9.66. The molecular formula is C17H15ClO2. The molecule has 2 aromatic rings. The third-order valence-corrected chi connectivity index (χ3v) is 3.85. The quantitative estimate of drug-likeness (QED) is 0.773. The number of ketones is 1. The second-order valence-corrected chi connectivity index (χ2v) is 5.47. The van der Waals surface area contributed by atoms with Crippen molar-refractivity contribution in [3.8, 4) is 5.75 Å². The Morgan fingerprint density at radius 3 is 2.85 bits per heavy atom. The fraction of sp³-hybridized carbons (Fsp3) is 0.235. The lowest BCUT2D eigenvalue weighted by atomic mass is 9.95. The van der Waals surface area contributed by atoms with Gasteiger partial charge < -0.3 is 4.74 Å². The Hall–Kier alpha value is -1.80. The minimum atomic E-state index is -0.00193. The highest BCUT2D eigenvalue weighted by Crippen LogP contribution is 2.31. The third-order valence-electron chi connectivity index (χ3n) is 3.61. The summed E-state index contributed by atoms with van der Waals surface area (Å²) in [5, 5.41) is 0.644. The van der Waals surface area contributed by atoms with Gasteiger partial charge >= 0.3 is 0 Å². The van der Waals surface area contributed by atoms with Crippen LogP contribution in [0.4, 0.5) is 0 Å². The van der Waals surface area contributed by atoms with E-state index in [4.69, 9.17) is 16.3 Å². The molecule has 2 nitrogen and oxygen atoms in total. The Morgan fingerprint density at radius 2 is 2.05 bits per heavy atom. The van der Waals surface area contributed by atoms with Crippen molar-refractivity contribution < 1.29 is 9.53 Å². The molecule has 0 spiro atoms. The zero-order chi connectivity index (χ0) is 14.1. The van der Waals surface area contributed by atoms with E-state index >= 15 is 0 Å². The zero-order valence-corrected chi connectivity index (χ0v) is 12.0. The number of hydrogen-bond donors (Lipinski definition) is 0. The zero-order valence-electron chi connectivity index (χ0n) is 11.3. The van der Waals surface area contributed by atoms with Crippen molar-refractivity contribution in [1.29, 1.82) is 0 Å². The molecule has 102 valence electrons. The minimum absolute atomic E-state index is 0.00193. The number of ether oxygens (including phenoxy) is 1. The number of para-hydroxylation sites is 1. The molecule has 0 saturated carbocycles. The lowest BCUT2D eigenvalue weighted by molar-refractivity contribution is 0.103. The Labute approximate surface area is 123 Å². The van der Waals surface area contributed by atoms with Crippen LogP contribution in [-0.2, 0) is 6.42 Å². The molecule has 0 fully saturated rings. The van der Waals surface area contributed by atoms with Crippen LogP contribution in [0.25, 0.3) is 0 Å². The molecule has 0 radical (unpaired) electrons. The summed E-state index contributed by atoms with van der Waals surface area (Å²) in [7, 11) is 0. The third kappa shape index (κ3) is 2.32. The van der Waals surface area contributed by atoms with Gasteiger partial charge in [0.15, 0.2) is 5.78 Å². The van der Waals surface area contributed by atoms with E-state index in [0.29, 0.717) is 22.8 Å². The lowest BCUT2D eigenvalue weighted by Gasteiger charge is -2.20. The van der Waals surface area contributed by atoms with E-state index in [-0.39, 0.29) is 5.78 Å². The van der Waals surface area contributed by atoms with Gasteiger partial charge in [-0.15, -0.1) is 0 Å². The van der Waals surface area contributed by atoms with E-state index in [9.17, 15) is 4.79 Å². The molecule has 0 aliphatic carbocycles. The molecule has 1 aliphatic rings. The maximum atomic E-state index is 12.7. The molecule has 1 aliphatic heterocycles. The van der Waals surface area contributed by atoms with Crippen molar-refractivity contribution in [2.75, 3.05) is 6.61 Å². The second kappa shape index (κ2) is 5.29. The predicted octanol–water partition coefficient (Wildman–Crippen LogP) is 4.20. The van der Waals surface area contributed by atoms with Gasteiger partial charge in [-0.1, -0.05) is 23.7 Å². The van der Waals surface area contributed by atoms with Crippen LogP contribution in [0.15, 0.2) is 36.4 Å². The highest BCUT2D eigenvalue weighted by molar-refractivity contribution is 6.30. The van der Waals surface area contributed by atoms with Crippen LogP contribution in [0, 0.1) is 6.92 Å². The molecule has 3 rings (SSSR count). The fourth-order valence-electron chi connectivity index (χ4n) is 2.59. The summed E-state index contributed by atoms with van der Waals surface area (Å²) >= 11 is 5.95. The average molecular weight is 287 g/mol. The predicted molar refractivity (Wildman–Crippen MR) is 79.9 cm³/mol. The molecular weight excluding hydrogens is 272 g/mol. The molecule has 0 N–H and O–H groups in total. The number of carbonyl (C=O) groups excluding carboxylic acids is 1. The molecule has 20 heavy (non-hydrogen) atoms. The van der Waals surface area contributed by atoms with E-state index in [1.807, 2.05) is 31.2 Å². The number of rotatable bonds is 2.